The van der Waals surface area contributed by atoms with Crippen LogP contribution in [-0.2, 0) is 4.79 Å². The number of carbonyl (C=O) groups is 1. The minimum absolute atomic E-state index is 0.0793. The average Bonchev–Trinajstić information content (AvgIpc) is 2.22. The van der Waals surface area contributed by atoms with Crippen LogP contribution in [0.4, 0.5) is 0 Å². The molecule has 1 rings (SSSR count). The molecule has 0 radical (unpaired) electrons. The molecule has 0 spiro atoms. The summed E-state index contributed by atoms with van der Waals surface area (Å²) in [4.78, 5) is 11.8. The van der Waals surface area contributed by atoms with Crippen molar-refractivity contribution in [1.82, 2.24) is 10.4 Å². The predicted molar refractivity (Wildman–Crippen MR) is 70.3 cm³/mol. The van der Waals surface area contributed by atoms with Crippen molar-refractivity contribution in [2.24, 2.45) is 5.92 Å². The van der Waals surface area contributed by atoms with Crippen LogP contribution >= 0.6 is 15.9 Å². The molecule has 0 aromatic rings. The first-order valence-corrected chi connectivity index (χ1v) is 7.08. The summed E-state index contributed by atoms with van der Waals surface area (Å²) in [5, 5.41) is 2.11. The lowest BCUT2D eigenvalue weighted by atomic mass is 10.00. The Kier molecular flexibility index (Phi) is 5.25. The van der Waals surface area contributed by atoms with Crippen LogP contribution in [-0.4, -0.2) is 27.8 Å². The van der Waals surface area contributed by atoms with E-state index in [2.05, 4.69) is 40.2 Å². The number of halogens is 1. The second-order valence-corrected chi connectivity index (χ2v) is 6.14. The summed E-state index contributed by atoms with van der Waals surface area (Å²) in [6.07, 6.45) is 3.59. The third-order valence-electron chi connectivity index (χ3n) is 3.27. The predicted octanol–water partition coefficient (Wildman–Crippen LogP) is 2.70. The summed E-state index contributed by atoms with van der Waals surface area (Å²) in [5.41, 5.74) is 3.05. The van der Waals surface area contributed by atoms with Gasteiger partial charge in [-0.1, -0.05) is 36.2 Å². The van der Waals surface area contributed by atoms with Crippen molar-refractivity contribution in [1.29, 1.82) is 0 Å². The van der Waals surface area contributed by atoms with Gasteiger partial charge >= 0.3 is 0 Å². The number of nitrogens with zero attached hydrogens (tertiary/aromatic N) is 1. The smallest absolute Gasteiger partial charge is 0.248 e. The molecule has 0 bridgehead atoms. The molecule has 1 N–H and O–H groups in total. The van der Waals surface area contributed by atoms with Crippen LogP contribution in [0.25, 0.3) is 0 Å². The summed E-state index contributed by atoms with van der Waals surface area (Å²) in [5.74, 6) is 0.394. The molecule has 3 atom stereocenters. The minimum atomic E-state index is -0.103. The number of hydrogen-bond acceptors (Lipinski definition) is 2. The summed E-state index contributed by atoms with van der Waals surface area (Å²) in [6, 6.07) is 0.888. The number of carbonyl (C=O) groups excluding carboxylic acids is 1. The first-order chi connectivity index (χ1) is 7.43. The van der Waals surface area contributed by atoms with E-state index in [-0.39, 0.29) is 10.7 Å². The summed E-state index contributed by atoms with van der Waals surface area (Å²) in [7, 11) is 0. The van der Waals surface area contributed by atoms with E-state index in [1.165, 1.54) is 19.3 Å². The molecule has 16 heavy (non-hydrogen) atoms. The van der Waals surface area contributed by atoms with E-state index in [1.54, 1.807) is 0 Å². The van der Waals surface area contributed by atoms with E-state index in [9.17, 15) is 4.79 Å². The molecule has 0 aliphatic carbocycles. The van der Waals surface area contributed by atoms with Gasteiger partial charge in [0.2, 0.25) is 5.91 Å². The number of alkyl halides is 1. The van der Waals surface area contributed by atoms with Gasteiger partial charge in [-0.05, 0) is 32.6 Å². The largest absolute Gasteiger partial charge is 0.287 e. The number of rotatable bonds is 3. The highest BCUT2D eigenvalue weighted by Gasteiger charge is 2.28. The lowest BCUT2D eigenvalue weighted by Gasteiger charge is -2.39. The molecule has 1 aliphatic heterocycles. The summed E-state index contributed by atoms with van der Waals surface area (Å²) in [6.45, 7) is 8.44. The molecular formula is C12H23BrN2O. The van der Waals surface area contributed by atoms with Crippen LogP contribution in [0.1, 0.15) is 47.0 Å². The van der Waals surface area contributed by atoms with Gasteiger partial charge in [-0.3, -0.25) is 10.2 Å². The highest BCUT2D eigenvalue weighted by atomic mass is 79.9. The normalized spacial score (nSPS) is 29.1. The summed E-state index contributed by atoms with van der Waals surface area (Å²) >= 11 is 3.44. The average molecular weight is 291 g/mol. The van der Waals surface area contributed by atoms with Gasteiger partial charge in [0, 0.05) is 12.1 Å². The topological polar surface area (TPSA) is 32.3 Å². The lowest BCUT2D eigenvalue weighted by Crippen LogP contribution is -2.56. The van der Waals surface area contributed by atoms with Crippen LogP contribution in [0.5, 0.6) is 0 Å². The van der Waals surface area contributed by atoms with Crippen LogP contribution in [0.2, 0.25) is 0 Å². The van der Waals surface area contributed by atoms with E-state index < -0.39 is 0 Å². The number of nitrogens with one attached hydrogen (secondary N) is 1. The van der Waals surface area contributed by atoms with Crippen molar-refractivity contribution < 1.29 is 4.79 Å². The second kappa shape index (κ2) is 6.01. The summed E-state index contributed by atoms with van der Waals surface area (Å²) < 4.78 is 0. The fourth-order valence-corrected chi connectivity index (χ4v) is 2.24. The molecular weight excluding hydrogens is 268 g/mol. The van der Waals surface area contributed by atoms with E-state index in [4.69, 9.17) is 0 Å². The van der Waals surface area contributed by atoms with Crippen LogP contribution in [0, 0.1) is 5.92 Å². The van der Waals surface area contributed by atoms with Gasteiger partial charge in [0.05, 0.1) is 4.83 Å². The number of piperidine rings is 1. The van der Waals surface area contributed by atoms with Gasteiger partial charge in [-0.2, -0.15) is 0 Å². The maximum Gasteiger partial charge on any atom is 0.248 e. The van der Waals surface area contributed by atoms with Gasteiger partial charge in [0.25, 0.3) is 0 Å². The Hall–Kier alpha value is -0.0900. The van der Waals surface area contributed by atoms with Crippen LogP contribution in [0.15, 0.2) is 0 Å². The Bertz CT molecular complexity index is 235. The SMILES string of the molecule is CC(C)C(Br)C(=O)NN1C(C)CCCC1C. The van der Waals surface area contributed by atoms with Gasteiger partial charge in [0.15, 0.2) is 0 Å². The van der Waals surface area contributed by atoms with Crippen LogP contribution < -0.4 is 5.43 Å². The standard InChI is InChI=1S/C12H23BrN2O/c1-8(2)11(13)12(16)14-15-9(3)6-5-7-10(15)4/h8-11H,5-7H2,1-4H3,(H,14,16). The Morgan fingerprint density at radius 2 is 1.81 bits per heavy atom. The van der Waals surface area contributed by atoms with E-state index in [1.807, 2.05) is 13.8 Å². The molecule has 94 valence electrons. The second-order valence-electron chi connectivity index (χ2n) is 5.16. The Morgan fingerprint density at radius 3 is 2.25 bits per heavy atom. The molecule has 1 aliphatic rings. The monoisotopic (exact) mass is 290 g/mol. The molecule has 0 saturated carbocycles. The van der Waals surface area contributed by atoms with E-state index >= 15 is 0 Å². The quantitative estimate of drug-likeness (QED) is 0.811. The zero-order valence-electron chi connectivity index (χ0n) is 10.7. The fourth-order valence-electron chi connectivity index (χ4n) is 2.13. The minimum Gasteiger partial charge on any atom is -0.287 e. The van der Waals surface area contributed by atoms with Crippen molar-refractivity contribution in [2.45, 2.75) is 63.9 Å². The van der Waals surface area contributed by atoms with Gasteiger partial charge in [0.1, 0.15) is 0 Å². The first kappa shape index (κ1) is 14.0. The number of amides is 1. The van der Waals surface area contributed by atoms with Gasteiger partial charge in [-0.15, -0.1) is 0 Å². The molecule has 4 heteroatoms. The van der Waals surface area contributed by atoms with Crippen molar-refractivity contribution in [3.05, 3.63) is 0 Å². The maximum absolute atomic E-state index is 11.9. The van der Waals surface area contributed by atoms with Gasteiger partial charge < -0.3 is 0 Å². The molecule has 0 aromatic carbocycles. The van der Waals surface area contributed by atoms with Crippen LogP contribution in [0.3, 0.4) is 0 Å². The molecule has 3 nitrogen and oxygen atoms in total. The van der Waals surface area contributed by atoms with Gasteiger partial charge in [-0.25, -0.2) is 5.01 Å². The highest BCUT2D eigenvalue weighted by Crippen LogP contribution is 2.21. The van der Waals surface area contributed by atoms with Crippen molar-refractivity contribution >= 4 is 21.8 Å². The number of hydrazine groups is 1. The fraction of sp³-hybridized carbons (Fsp3) is 0.917. The Balaban J connectivity index is 2.54. The Morgan fingerprint density at radius 1 is 1.31 bits per heavy atom. The third kappa shape index (κ3) is 3.45. The molecule has 1 fully saturated rings. The number of hydrogen-bond donors (Lipinski definition) is 1. The first-order valence-electron chi connectivity index (χ1n) is 6.16. The molecule has 0 aromatic heterocycles. The van der Waals surface area contributed by atoms with Crippen molar-refractivity contribution in [3.8, 4) is 0 Å². The molecule has 1 amide bonds. The Labute approximate surface area is 107 Å². The van der Waals surface area contributed by atoms with Crippen molar-refractivity contribution in [2.75, 3.05) is 0 Å². The maximum atomic E-state index is 11.9. The van der Waals surface area contributed by atoms with E-state index in [0.717, 1.165) is 0 Å². The highest BCUT2D eigenvalue weighted by molar-refractivity contribution is 9.10. The van der Waals surface area contributed by atoms with Crippen molar-refractivity contribution in [3.63, 3.8) is 0 Å². The third-order valence-corrected chi connectivity index (χ3v) is 4.74. The van der Waals surface area contributed by atoms with E-state index in [0.29, 0.717) is 18.0 Å². The zero-order valence-corrected chi connectivity index (χ0v) is 12.3. The lowest BCUT2D eigenvalue weighted by molar-refractivity contribution is -0.129. The zero-order chi connectivity index (χ0) is 12.3. The molecule has 1 heterocycles. The molecule has 1 saturated heterocycles. The molecule has 3 unspecified atom stereocenters.